The van der Waals surface area contributed by atoms with E-state index in [2.05, 4.69) is 5.16 Å². The summed E-state index contributed by atoms with van der Waals surface area (Å²) in [5, 5.41) is 4.58. The molecule has 0 N–H and O–H groups in total. The average molecular weight is 268 g/mol. The molecule has 0 radical (unpaired) electrons. The first kappa shape index (κ1) is 12.9. The van der Waals surface area contributed by atoms with Crippen LogP contribution in [-0.2, 0) is 14.4 Å². The normalized spacial score (nSPS) is 18.4. The van der Waals surface area contributed by atoms with Gasteiger partial charge in [0, 0.05) is 11.4 Å². The van der Waals surface area contributed by atoms with Gasteiger partial charge in [0.05, 0.1) is 11.8 Å². The molecule has 4 nitrogen and oxygen atoms in total. The first-order valence-corrected chi connectivity index (χ1v) is 6.13. The minimum atomic E-state index is -0.641. The molecule has 0 aromatic heterocycles. The topological polar surface area (TPSA) is 47.9 Å². The fourth-order valence-corrected chi connectivity index (χ4v) is 1.75. The van der Waals surface area contributed by atoms with Gasteiger partial charge >= 0.3 is 5.97 Å². The highest BCUT2D eigenvalue weighted by Crippen LogP contribution is 2.19. The van der Waals surface area contributed by atoms with Gasteiger partial charge in [-0.1, -0.05) is 28.9 Å². The van der Waals surface area contributed by atoms with Crippen molar-refractivity contribution in [2.24, 2.45) is 5.16 Å². The third-order valence-corrected chi connectivity index (χ3v) is 2.71. The van der Waals surface area contributed by atoms with E-state index in [9.17, 15) is 4.79 Å². The van der Waals surface area contributed by atoms with Crippen LogP contribution in [0.5, 0.6) is 0 Å². The predicted octanol–water partition coefficient (Wildman–Crippen LogP) is 2.78. The second-order valence-corrected chi connectivity index (χ2v) is 4.77. The van der Waals surface area contributed by atoms with Crippen LogP contribution in [0, 0.1) is 0 Å². The van der Waals surface area contributed by atoms with Gasteiger partial charge in [-0.05, 0) is 31.5 Å². The van der Waals surface area contributed by atoms with Crippen molar-refractivity contribution >= 4 is 23.3 Å². The third kappa shape index (κ3) is 3.01. The molecule has 0 fully saturated rings. The second kappa shape index (κ2) is 5.40. The predicted molar refractivity (Wildman–Crippen MR) is 68.7 cm³/mol. The lowest BCUT2D eigenvalue weighted by Gasteiger charge is -2.11. The van der Waals surface area contributed by atoms with Crippen LogP contribution in [0.3, 0.4) is 0 Å². The number of rotatable bonds is 3. The van der Waals surface area contributed by atoms with Crippen LogP contribution < -0.4 is 0 Å². The second-order valence-electron chi connectivity index (χ2n) is 4.33. The van der Waals surface area contributed by atoms with E-state index >= 15 is 0 Å². The minimum Gasteiger partial charge on any atom is -0.460 e. The summed E-state index contributed by atoms with van der Waals surface area (Å²) in [5.41, 5.74) is 1.64. The Bertz CT molecular complexity index is 468. The molecule has 1 aliphatic rings. The molecular weight excluding hydrogens is 254 g/mol. The molecule has 1 atom stereocenters. The molecule has 0 saturated carbocycles. The van der Waals surface area contributed by atoms with Crippen molar-refractivity contribution in [1.29, 1.82) is 0 Å². The van der Waals surface area contributed by atoms with Crippen molar-refractivity contribution in [3.8, 4) is 0 Å². The molecule has 1 aromatic carbocycles. The Morgan fingerprint density at radius 1 is 1.44 bits per heavy atom. The van der Waals surface area contributed by atoms with E-state index in [1.807, 2.05) is 12.1 Å². The summed E-state index contributed by atoms with van der Waals surface area (Å²) < 4.78 is 5.08. The van der Waals surface area contributed by atoms with E-state index in [1.165, 1.54) is 0 Å². The highest BCUT2D eigenvalue weighted by atomic mass is 35.5. The van der Waals surface area contributed by atoms with Crippen molar-refractivity contribution < 1.29 is 14.4 Å². The summed E-state index contributed by atoms with van der Waals surface area (Å²) in [6, 6.07) is 7.25. The molecule has 0 amide bonds. The van der Waals surface area contributed by atoms with Gasteiger partial charge in [-0.3, -0.25) is 0 Å². The molecule has 18 heavy (non-hydrogen) atoms. The fourth-order valence-electron chi connectivity index (χ4n) is 1.62. The lowest BCUT2D eigenvalue weighted by Crippen LogP contribution is -2.26. The molecule has 0 saturated heterocycles. The zero-order valence-electron chi connectivity index (χ0n) is 10.2. The maximum Gasteiger partial charge on any atom is 0.350 e. The van der Waals surface area contributed by atoms with Crippen molar-refractivity contribution in [2.45, 2.75) is 32.5 Å². The Hall–Kier alpha value is -1.55. The van der Waals surface area contributed by atoms with Gasteiger partial charge in [-0.25, -0.2) is 4.79 Å². The molecule has 96 valence electrons. The number of halogens is 1. The van der Waals surface area contributed by atoms with Crippen molar-refractivity contribution in [3.63, 3.8) is 0 Å². The molecule has 1 unspecified atom stereocenters. The molecule has 0 aliphatic carbocycles. The maximum atomic E-state index is 11.6. The Labute approximate surface area is 111 Å². The minimum absolute atomic E-state index is 0.152. The van der Waals surface area contributed by atoms with Gasteiger partial charge < -0.3 is 9.57 Å². The number of benzene rings is 1. The van der Waals surface area contributed by atoms with E-state index < -0.39 is 6.10 Å². The van der Waals surface area contributed by atoms with Gasteiger partial charge in [0.25, 0.3) is 0 Å². The van der Waals surface area contributed by atoms with Crippen LogP contribution in [-0.4, -0.2) is 23.9 Å². The van der Waals surface area contributed by atoms with Crippen LogP contribution in [0.15, 0.2) is 29.4 Å². The monoisotopic (exact) mass is 267 g/mol. The van der Waals surface area contributed by atoms with Gasteiger partial charge in [0.15, 0.2) is 0 Å². The Morgan fingerprint density at radius 3 is 2.72 bits per heavy atom. The molecule has 0 bridgehead atoms. The van der Waals surface area contributed by atoms with E-state index in [-0.39, 0.29) is 12.1 Å². The van der Waals surface area contributed by atoms with E-state index in [1.54, 1.807) is 26.0 Å². The van der Waals surface area contributed by atoms with Gasteiger partial charge in [-0.2, -0.15) is 0 Å². The quantitative estimate of drug-likeness (QED) is 0.791. The molecule has 1 aliphatic heterocycles. The largest absolute Gasteiger partial charge is 0.460 e. The van der Waals surface area contributed by atoms with Crippen LogP contribution >= 0.6 is 11.6 Å². The third-order valence-electron chi connectivity index (χ3n) is 2.46. The number of nitrogens with zero attached hydrogens (tertiary/aromatic N) is 1. The Balaban J connectivity index is 1.99. The molecule has 1 heterocycles. The highest BCUT2D eigenvalue weighted by molar-refractivity contribution is 6.30. The molecule has 0 spiro atoms. The van der Waals surface area contributed by atoms with Crippen molar-refractivity contribution in [2.75, 3.05) is 0 Å². The lowest BCUT2D eigenvalue weighted by molar-refractivity contribution is -0.159. The van der Waals surface area contributed by atoms with Crippen LogP contribution in [0.25, 0.3) is 0 Å². The summed E-state index contributed by atoms with van der Waals surface area (Å²) in [6.45, 7) is 3.60. The van der Waals surface area contributed by atoms with Gasteiger partial charge in [0.2, 0.25) is 6.10 Å². The first-order valence-electron chi connectivity index (χ1n) is 5.75. The number of carbonyl (C=O) groups is 1. The standard InChI is InChI=1S/C13H14ClNO3/c1-8(2)17-13(16)12-7-11(15-18-12)9-3-5-10(14)6-4-9/h3-6,8,12H,7H2,1-2H3. The average Bonchev–Trinajstić information content (AvgIpc) is 2.78. The Kier molecular flexibility index (Phi) is 3.87. The summed E-state index contributed by atoms with van der Waals surface area (Å²) in [7, 11) is 0. The smallest absolute Gasteiger partial charge is 0.350 e. The van der Waals surface area contributed by atoms with Crippen LogP contribution in [0.4, 0.5) is 0 Å². The number of hydrogen-bond acceptors (Lipinski definition) is 4. The SMILES string of the molecule is CC(C)OC(=O)C1CC(c2ccc(Cl)cc2)=NO1. The van der Waals surface area contributed by atoms with Crippen LogP contribution in [0.1, 0.15) is 25.8 Å². The summed E-state index contributed by atoms with van der Waals surface area (Å²) in [6.07, 6.45) is -0.369. The number of ether oxygens (including phenoxy) is 1. The van der Waals surface area contributed by atoms with E-state index in [0.29, 0.717) is 11.4 Å². The summed E-state index contributed by atoms with van der Waals surface area (Å²) in [4.78, 5) is 16.7. The number of esters is 1. The van der Waals surface area contributed by atoms with Crippen molar-refractivity contribution in [1.82, 2.24) is 0 Å². The van der Waals surface area contributed by atoms with E-state index in [0.717, 1.165) is 11.3 Å². The zero-order valence-corrected chi connectivity index (χ0v) is 11.0. The number of oxime groups is 1. The number of hydrogen-bond donors (Lipinski definition) is 0. The molecular formula is C13H14ClNO3. The molecule has 2 rings (SSSR count). The lowest BCUT2D eigenvalue weighted by atomic mass is 10.1. The van der Waals surface area contributed by atoms with Crippen LogP contribution in [0.2, 0.25) is 5.02 Å². The zero-order chi connectivity index (χ0) is 13.1. The van der Waals surface area contributed by atoms with Gasteiger partial charge in [0.1, 0.15) is 0 Å². The van der Waals surface area contributed by atoms with Crippen molar-refractivity contribution in [3.05, 3.63) is 34.9 Å². The maximum absolute atomic E-state index is 11.6. The summed E-state index contributed by atoms with van der Waals surface area (Å²) in [5.74, 6) is -0.377. The molecule has 1 aromatic rings. The Morgan fingerprint density at radius 2 is 2.11 bits per heavy atom. The fraction of sp³-hybridized carbons (Fsp3) is 0.385. The number of carbonyl (C=O) groups excluding carboxylic acids is 1. The molecule has 5 heteroatoms. The highest BCUT2D eigenvalue weighted by Gasteiger charge is 2.30. The summed E-state index contributed by atoms with van der Waals surface area (Å²) >= 11 is 5.81. The first-order chi connectivity index (χ1) is 8.56. The van der Waals surface area contributed by atoms with Gasteiger partial charge in [-0.15, -0.1) is 0 Å². The van der Waals surface area contributed by atoms with E-state index in [4.69, 9.17) is 21.2 Å².